The number of carbonyl (C=O) groups excluding carboxylic acids is 2. The highest BCUT2D eigenvalue weighted by atomic mass is 32.2. The third-order valence-corrected chi connectivity index (χ3v) is 6.22. The Morgan fingerprint density at radius 3 is 2.39 bits per heavy atom. The Kier molecular flexibility index (Phi) is 4.24. The van der Waals surface area contributed by atoms with Crippen molar-refractivity contribution in [2.24, 2.45) is 0 Å². The van der Waals surface area contributed by atoms with Gasteiger partial charge in [0, 0.05) is 11.8 Å². The first-order valence-electron chi connectivity index (χ1n) is 8.40. The Labute approximate surface area is 161 Å². The van der Waals surface area contributed by atoms with Crippen LogP contribution < -0.4 is 4.74 Å². The zero-order valence-corrected chi connectivity index (χ0v) is 15.6. The lowest BCUT2D eigenvalue weighted by molar-refractivity contribution is -0.110. The van der Waals surface area contributed by atoms with E-state index in [2.05, 4.69) is 0 Å². The Bertz CT molecular complexity index is 1240. The molecule has 0 radical (unpaired) electrons. The molecule has 0 saturated carbocycles. The lowest BCUT2D eigenvalue weighted by atomic mass is 9.94. The highest BCUT2D eigenvalue weighted by Crippen LogP contribution is 2.35. The highest BCUT2D eigenvalue weighted by Gasteiger charge is 2.32. The number of carbonyl (C=O) groups is 2. The molecule has 1 aliphatic carbocycles. The molecule has 6 nitrogen and oxygen atoms in total. The number of ketones is 2. The normalized spacial score (nSPS) is 13.5. The average Bonchev–Trinajstić information content (AvgIpc) is 3.12. The minimum Gasteiger partial charge on any atom is -0.497 e. The second-order valence-corrected chi connectivity index (χ2v) is 7.99. The first-order valence-corrected chi connectivity index (χ1v) is 9.84. The van der Waals surface area contributed by atoms with E-state index >= 15 is 0 Å². The summed E-state index contributed by atoms with van der Waals surface area (Å²) in [5, 5.41) is 0. The maximum absolute atomic E-state index is 13.2. The van der Waals surface area contributed by atoms with E-state index in [4.69, 9.17) is 4.74 Å². The van der Waals surface area contributed by atoms with Crippen molar-refractivity contribution in [3.63, 3.8) is 0 Å². The lowest BCUT2D eigenvalue weighted by Gasteiger charge is -2.11. The number of methoxy groups -OCH3 is 1. The van der Waals surface area contributed by atoms with Gasteiger partial charge in [0.1, 0.15) is 5.75 Å². The summed E-state index contributed by atoms with van der Waals surface area (Å²) in [6, 6.07) is 14.8. The molecule has 0 saturated heterocycles. The average molecular weight is 393 g/mol. The first-order chi connectivity index (χ1) is 13.4. The molecular formula is C21H15NO5S. The summed E-state index contributed by atoms with van der Waals surface area (Å²) in [5.74, 6) is -0.876. The number of benzene rings is 2. The van der Waals surface area contributed by atoms with Gasteiger partial charge in [-0.2, -0.15) is 0 Å². The number of hydrogen-bond donors (Lipinski definition) is 0. The van der Waals surface area contributed by atoms with Crippen LogP contribution in [0.15, 0.2) is 71.8 Å². The molecule has 140 valence electrons. The van der Waals surface area contributed by atoms with Crippen molar-refractivity contribution >= 4 is 27.7 Å². The third kappa shape index (κ3) is 2.76. The molecule has 0 spiro atoms. The van der Waals surface area contributed by atoms with Gasteiger partial charge in [0.25, 0.3) is 10.0 Å². The van der Waals surface area contributed by atoms with Crippen LogP contribution in [0.3, 0.4) is 0 Å². The largest absolute Gasteiger partial charge is 0.497 e. The molecule has 3 aromatic rings. The summed E-state index contributed by atoms with van der Waals surface area (Å²) >= 11 is 0. The monoisotopic (exact) mass is 393 g/mol. The van der Waals surface area contributed by atoms with Crippen molar-refractivity contribution in [2.75, 3.05) is 7.11 Å². The standard InChI is InChI=1S/C21H15NO5S/c1-27-15-7-5-6-14(12-15)17-13-22(18-10-11-19(23)21(24)20(17)18)28(25,26)16-8-3-2-4-9-16/h2-13H,1H3. The van der Waals surface area contributed by atoms with Crippen molar-refractivity contribution in [3.05, 3.63) is 78.1 Å². The molecule has 28 heavy (non-hydrogen) atoms. The van der Waals surface area contributed by atoms with E-state index in [9.17, 15) is 18.0 Å². The zero-order chi connectivity index (χ0) is 19.9. The predicted octanol–water partition coefficient (Wildman–Crippen LogP) is 3.18. The van der Waals surface area contributed by atoms with Crippen molar-refractivity contribution in [1.29, 1.82) is 0 Å². The van der Waals surface area contributed by atoms with Crippen LogP contribution >= 0.6 is 0 Å². The molecule has 2 aromatic carbocycles. The van der Waals surface area contributed by atoms with Gasteiger partial charge in [-0.05, 0) is 42.0 Å². The highest BCUT2D eigenvalue weighted by molar-refractivity contribution is 7.90. The number of hydrogen-bond acceptors (Lipinski definition) is 5. The smallest absolute Gasteiger partial charge is 0.268 e. The fourth-order valence-corrected chi connectivity index (χ4v) is 4.55. The summed E-state index contributed by atoms with van der Waals surface area (Å²) < 4.78 is 32.6. The van der Waals surface area contributed by atoms with Crippen LogP contribution in [0.2, 0.25) is 0 Å². The Morgan fingerprint density at radius 1 is 0.929 bits per heavy atom. The quantitative estimate of drug-likeness (QED) is 0.636. The second kappa shape index (κ2) is 6.61. The summed E-state index contributed by atoms with van der Waals surface area (Å²) in [6.07, 6.45) is 3.84. The second-order valence-electron chi connectivity index (χ2n) is 6.18. The molecule has 4 rings (SSSR count). The van der Waals surface area contributed by atoms with Gasteiger partial charge in [0.05, 0.1) is 23.3 Å². The van der Waals surface area contributed by atoms with E-state index in [-0.39, 0.29) is 16.2 Å². The van der Waals surface area contributed by atoms with Gasteiger partial charge < -0.3 is 4.74 Å². The van der Waals surface area contributed by atoms with Crippen molar-refractivity contribution < 1.29 is 22.7 Å². The van der Waals surface area contributed by atoms with Crippen molar-refractivity contribution in [1.82, 2.24) is 3.97 Å². The van der Waals surface area contributed by atoms with Crippen LogP contribution in [-0.4, -0.2) is 31.1 Å². The maximum atomic E-state index is 13.2. The van der Waals surface area contributed by atoms with Crippen LogP contribution in [0.1, 0.15) is 16.1 Å². The molecule has 1 aliphatic rings. The van der Waals surface area contributed by atoms with E-state index in [0.29, 0.717) is 16.9 Å². The summed E-state index contributed by atoms with van der Waals surface area (Å²) in [7, 11) is -2.44. The number of nitrogens with zero attached hydrogens (tertiary/aromatic N) is 1. The van der Waals surface area contributed by atoms with Gasteiger partial charge >= 0.3 is 0 Å². The van der Waals surface area contributed by atoms with Gasteiger partial charge in [-0.3, -0.25) is 9.59 Å². The van der Waals surface area contributed by atoms with Gasteiger partial charge in [-0.25, -0.2) is 12.4 Å². The zero-order valence-electron chi connectivity index (χ0n) is 14.8. The van der Waals surface area contributed by atoms with E-state index in [1.165, 1.54) is 31.5 Å². The molecule has 0 atom stereocenters. The van der Waals surface area contributed by atoms with Gasteiger partial charge in [0.2, 0.25) is 11.6 Å². The van der Waals surface area contributed by atoms with E-state index in [1.807, 2.05) is 0 Å². The minimum absolute atomic E-state index is 0.0697. The Hall–Kier alpha value is -3.45. The van der Waals surface area contributed by atoms with Crippen LogP contribution in [0.25, 0.3) is 17.2 Å². The summed E-state index contributed by atoms with van der Waals surface area (Å²) in [4.78, 5) is 24.7. The van der Waals surface area contributed by atoms with Crippen LogP contribution in [0.4, 0.5) is 0 Å². The first kappa shape index (κ1) is 17.9. The number of fused-ring (bicyclic) bond motifs is 1. The SMILES string of the molecule is COc1cccc(-c2cn(S(=O)(=O)c3ccccc3)c3c2C(=O)C(=O)C=C3)c1. The minimum atomic E-state index is -3.95. The fourth-order valence-electron chi connectivity index (χ4n) is 3.16. The van der Waals surface area contributed by atoms with Crippen molar-refractivity contribution in [3.8, 4) is 16.9 Å². The third-order valence-electron chi connectivity index (χ3n) is 4.53. The van der Waals surface area contributed by atoms with Crippen LogP contribution in [-0.2, 0) is 14.8 Å². The molecule has 7 heteroatoms. The number of Topliss-reactive ketones (excluding diaryl/α,β-unsaturated/α-hetero) is 1. The molecule has 0 aliphatic heterocycles. The number of ether oxygens (including phenoxy) is 1. The van der Waals surface area contributed by atoms with Gasteiger partial charge in [-0.15, -0.1) is 0 Å². The van der Waals surface area contributed by atoms with Crippen LogP contribution in [0, 0.1) is 0 Å². The van der Waals surface area contributed by atoms with E-state index < -0.39 is 21.6 Å². The maximum Gasteiger partial charge on any atom is 0.268 e. The van der Waals surface area contributed by atoms with Crippen LogP contribution in [0.5, 0.6) is 5.75 Å². The number of rotatable bonds is 4. The van der Waals surface area contributed by atoms with E-state index in [1.54, 1.807) is 42.5 Å². The van der Waals surface area contributed by atoms with E-state index in [0.717, 1.165) is 10.0 Å². The predicted molar refractivity (Wildman–Crippen MR) is 104 cm³/mol. The number of aromatic nitrogens is 1. The topological polar surface area (TPSA) is 82.4 Å². The molecule has 0 fully saturated rings. The molecule has 1 aromatic heterocycles. The summed E-state index contributed by atoms with van der Waals surface area (Å²) in [5.41, 5.74) is 1.16. The van der Waals surface area contributed by atoms with Gasteiger partial charge in [0.15, 0.2) is 0 Å². The Balaban J connectivity index is 2.01. The molecule has 0 N–H and O–H groups in total. The number of allylic oxidation sites excluding steroid dienone is 1. The molecule has 1 heterocycles. The molecular weight excluding hydrogens is 378 g/mol. The summed E-state index contributed by atoms with van der Waals surface area (Å²) in [6.45, 7) is 0. The fraction of sp³-hybridized carbons (Fsp3) is 0.0476. The Morgan fingerprint density at radius 2 is 1.68 bits per heavy atom. The molecule has 0 bridgehead atoms. The molecule has 0 amide bonds. The van der Waals surface area contributed by atoms with Crippen molar-refractivity contribution in [2.45, 2.75) is 4.90 Å². The lowest BCUT2D eigenvalue weighted by Crippen LogP contribution is -2.19. The molecule has 0 unspecified atom stereocenters. The van der Waals surface area contributed by atoms with Gasteiger partial charge in [-0.1, -0.05) is 30.3 Å².